The van der Waals surface area contributed by atoms with Gasteiger partial charge in [0.1, 0.15) is 6.73 Å². The van der Waals surface area contributed by atoms with Crippen LogP contribution in [0.3, 0.4) is 0 Å². The highest BCUT2D eigenvalue weighted by molar-refractivity contribution is 7.58. The minimum absolute atomic E-state index is 0.0849. The van der Waals surface area contributed by atoms with E-state index in [-0.39, 0.29) is 6.73 Å². The van der Waals surface area contributed by atoms with Gasteiger partial charge in [0.05, 0.1) is 6.20 Å². The second-order valence-corrected chi connectivity index (χ2v) is 3.92. The molecule has 1 aromatic heterocycles. The first-order chi connectivity index (χ1) is 5.64. The zero-order valence-electron chi connectivity index (χ0n) is 6.62. The SMILES string of the molecule is C=P(O)(OC)OCn1ccnn1. The van der Waals surface area contributed by atoms with Gasteiger partial charge in [-0.15, -0.1) is 5.10 Å². The zero-order chi connectivity index (χ0) is 9.03. The molecule has 0 aliphatic rings. The van der Waals surface area contributed by atoms with Crippen molar-refractivity contribution >= 4 is 13.9 Å². The monoisotopic (exact) mass is 191 g/mol. The molecule has 0 aromatic carbocycles. The smallest absolute Gasteiger partial charge is 0.249 e. The van der Waals surface area contributed by atoms with Gasteiger partial charge in [-0.25, -0.2) is 4.68 Å². The van der Waals surface area contributed by atoms with Crippen LogP contribution in [0.15, 0.2) is 12.4 Å². The molecule has 0 radical (unpaired) electrons. The van der Waals surface area contributed by atoms with Crippen molar-refractivity contribution in [2.75, 3.05) is 7.11 Å². The third kappa shape index (κ3) is 2.75. The van der Waals surface area contributed by atoms with Crippen molar-refractivity contribution in [2.45, 2.75) is 6.73 Å². The second kappa shape index (κ2) is 3.82. The molecule has 0 saturated heterocycles. The van der Waals surface area contributed by atoms with E-state index in [1.807, 2.05) is 0 Å². The van der Waals surface area contributed by atoms with Gasteiger partial charge in [-0.3, -0.25) is 4.52 Å². The minimum atomic E-state index is -2.90. The number of rotatable bonds is 4. The minimum Gasteiger partial charge on any atom is -0.333 e. The van der Waals surface area contributed by atoms with Gasteiger partial charge in [-0.05, 0) is 6.30 Å². The third-order valence-corrected chi connectivity index (χ3v) is 2.24. The first-order valence-corrected chi connectivity index (χ1v) is 4.91. The molecule has 0 saturated carbocycles. The summed E-state index contributed by atoms with van der Waals surface area (Å²) in [4.78, 5) is 9.22. The molecule has 1 aromatic rings. The molecule has 1 heterocycles. The zero-order valence-corrected chi connectivity index (χ0v) is 7.52. The fourth-order valence-electron chi connectivity index (χ4n) is 0.504. The van der Waals surface area contributed by atoms with Crippen LogP contribution in [0.5, 0.6) is 0 Å². The summed E-state index contributed by atoms with van der Waals surface area (Å²) < 4.78 is 10.9. The van der Waals surface area contributed by atoms with E-state index in [2.05, 4.69) is 21.1 Å². The highest BCUT2D eigenvalue weighted by Gasteiger charge is 2.08. The lowest BCUT2D eigenvalue weighted by molar-refractivity contribution is 0.165. The summed E-state index contributed by atoms with van der Waals surface area (Å²) >= 11 is 0. The Balaban J connectivity index is 2.41. The fourth-order valence-corrected chi connectivity index (χ4v) is 0.908. The average Bonchev–Trinajstić information content (AvgIpc) is 2.53. The predicted molar refractivity (Wildman–Crippen MR) is 44.4 cm³/mol. The standard InChI is InChI=1S/C5H10N3O3P/c1-10-12(2,9)11-5-8-4-3-6-7-8/h3-4,9H,2,5H2,1H3. The Labute approximate surface area is 69.9 Å². The van der Waals surface area contributed by atoms with Crippen LogP contribution in [0.2, 0.25) is 0 Å². The lowest BCUT2D eigenvalue weighted by atomic mass is 10.9. The molecule has 1 unspecified atom stereocenters. The lowest BCUT2D eigenvalue weighted by Crippen LogP contribution is -2.02. The van der Waals surface area contributed by atoms with Gasteiger partial charge in [0, 0.05) is 13.3 Å². The summed E-state index contributed by atoms with van der Waals surface area (Å²) in [7, 11) is -1.57. The molecular weight excluding hydrogens is 181 g/mol. The molecule has 1 rings (SSSR count). The molecule has 0 spiro atoms. The Morgan fingerprint density at radius 3 is 3.00 bits per heavy atom. The quantitative estimate of drug-likeness (QED) is 0.683. The van der Waals surface area contributed by atoms with Crippen molar-refractivity contribution in [3.05, 3.63) is 12.4 Å². The van der Waals surface area contributed by atoms with Crippen molar-refractivity contribution in [1.82, 2.24) is 15.0 Å². The van der Waals surface area contributed by atoms with Crippen LogP contribution >= 0.6 is 7.57 Å². The van der Waals surface area contributed by atoms with Gasteiger partial charge in [-0.1, -0.05) is 5.21 Å². The summed E-state index contributed by atoms with van der Waals surface area (Å²) in [6.45, 7) is 0.0849. The normalized spacial score (nSPS) is 15.8. The van der Waals surface area contributed by atoms with Crippen molar-refractivity contribution < 1.29 is 13.9 Å². The Morgan fingerprint density at radius 1 is 1.75 bits per heavy atom. The predicted octanol–water partition coefficient (Wildman–Crippen LogP) is 0.0855. The molecule has 0 amide bonds. The van der Waals surface area contributed by atoms with E-state index < -0.39 is 7.57 Å². The van der Waals surface area contributed by atoms with Gasteiger partial charge >= 0.3 is 0 Å². The van der Waals surface area contributed by atoms with Crippen LogP contribution in [-0.2, 0) is 15.8 Å². The maximum absolute atomic E-state index is 9.22. The summed E-state index contributed by atoms with van der Waals surface area (Å²) in [6, 6.07) is 0. The average molecular weight is 191 g/mol. The molecule has 0 aliphatic heterocycles. The molecule has 1 atom stereocenters. The van der Waals surface area contributed by atoms with E-state index in [0.29, 0.717) is 0 Å². The second-order valence-electron chi connectivity index (χ2n) is 2.02. The molecule has 68 valence electrons. The molecule has 6 nitrogen and oxygen atoms in total. The van der Waals surface area contributed by atoms with Crippen LogP contribution in [0.25, 0.3) is 0 Å². The first kappa shape index (κ1) is 9.41. The van der Waals surface area contributed by atoms with Crippen molar-refractivity contribution in [2.24, 2.45) is 0 Å². The molecule has 0 bridgehead atoms. The van der Waals surface area contributed by atoms with Crippen LogP contribution in [0.4, 0.5) is 0 Å². The van der Waals surface area contributed by atoms with Gasteiger partial charge in [0.25, 0.3) is 0 Å². The van der Waals surface area contributed by atoms with E-state index in [1.165, 1.54) is 18.0 Å². The van der Waals surface area contributed by atoms with Crippen LogP contribution in [-0.4, -0.2) is 33.3 Å². The van der Waals surface area contributed by atoms with E-state index in [0.717, 1.165) is 0 Å². The Kier molecular flexibility index (Phi) is 2.99. The van der Waals surface area contributed by atoms with Gasteiger partial charge in [0.15, 0.2) is 0 Å². The van der Waals surface area contributed by atoms with Crippen molar-refractivity contribution in [1.29, 1.82) is 0 Å². The highest BCUT2D eigenvalue weighted by atomic mass is 31.2. The van der Waals surface area contributed by atoms with E-state index in [9.17, 15) is 4.89 Å². The molecule has 1 N–H and O–H groups in total. The van der Waals surface area contributed by atoms with Gasteiger partial charge in [-0.2, -0.15) is 0 Å². The van der Waals surface area contributed by atoms with Gasteiger partial charge in [0.2, 0.25) is 7.57 Å². The van der Waals surface area contributed by atoms with Crippen molar-refractivity contribution in [3.8, 4) is 0 Å². The Hall–Kier alpha value is -0.680. The van der Waals surface area contributed by atoms with E-state index in [4.69, 9.17) is 4.52 Å². The largest absolute Gasteiger partial charge is 0.333 e. The highest BCUT2D eigenvalue weighted by Crippen LogP contribution is 2.41. The van der Waals surface area contributed by atoms with E-state index >= 15 is 0 Å². The van der Waals surface area contributed by atoms with E-state index in [1.54, 1.807) is 6.20 Å². The molecule has 12 heavy (non-hydrogen) atoms. The Morgan fingerprint density at radius 2 is 2.50 bits per heavy atom. The maximum Gasteiger partial charge on any atom is 0.249 e. The molecule has 7 heteroatoms. The van der Waals surface area contributed by atoms with Gasteiger partial charge < -0.3 is 9.42 Å². The summed E-state index contributed by atoms with van der Waals surface area (Å²) in [5, 5.41) is 7.17. The van der Waals surface area contributed by atoms with Crippen LogP contribution < -0.4 is 0 Å². The molecular formula is C5H10N3O3P. The van der Waals surface area contributed by atoms with Crippen LogP contribution in [0, 0.1) is 0 Å². The third-order valence-electron chi connectivity index (χ3n) is 1.15. The van der Waals surface area contributed by atoms with Crippen molar-refractivity contribution in [3.63, 3.8) is 0 Å². The first-order valence-electron chi connectivity index (χ1n) is 3.14. The molecule has 0 aliphatic carbocycles. The Bertz CT molecular complexity index is 273. The van der Waals surface area contributed by atoms with Crippen LogP contribution in [0.1, 0.15) is 0 Å². The fraction of sp³-hybridized carbons (Fsp3) is 0.400. The topological polar surface area (TPSA) is 69.4 Å². The summed E-state index contributed by atoms with van der Waals surface area (Å²) in [5.41, 5.74) is 0. The molecule has 0 fully saturated rings. The number of hydrogen-bond donors (Lipinski definition) is 1. The summed E-state index contributed by atoms with van der Waals surface area (Å²) in [6.07, 6.45) is 6.47. The maximum atomic E-state index is 9.22. The number of aromatic nitrogens is 3. The summed E-state index contributed by atoms with van der Waals surface area (Å²) in [5.74, 6) is 0. The number of hydrogen-bond acceptors (Lipinski definition) is 5. The lowest BCUT2D eigenvalue weighted by Gasteiger charge is -2.14. The number of nitrogens with zero attached hydrogens (tertiary/aromatic N) is 3.